The molecule has 4 aromatic rings. The molecular weight excluding hydrogens is 438 g/mol. The number of allylic oxidation sites excluding steroid dienone is 1. The van der Waals surface area contributed by atoms with Gasteiger partial charge in [0.05, 0.1) is 17.3 Å². The van der Waals surface area contributed by atoms with Crippen LogP contribution in [0.4, 0.5) is 19.3 Å². The fraction of sp³-hybridized carbons (Fsp3) is 0.115. The van der Waals surface area contributed by atoms with Gasteiger partial charge in [0.1, 0.15) is 11.6 Å². The molecule has 0 saturated heterocycles. The lowest BCUT2D eigenvalue weighted by Gasteiger charge is -2.35. The maximum Gasteiger partial charge on any atom is 0.326 e. The number of nitrogens with one attached hydrogen (secondary N) is 1. The Kier molecular flexibility index (Phi) is 5.41. The molecule has 3 aromatic carbocycles. The smallest absolute Gasteiger partial charge is 0.326 e. The van der Waals surface area contributed by atoms with E-state index in [-0.39, 0.29) is 29.4 Å². The highest BCUT2D eigenvalue weighted by Crippen LogP contribution is 2.39. The fourth-order valence-corrected chi connectivity index (χ4v) is 3.98. The molecule has 1 unspecified atom stereocenters. The number of halogens is 2. The van der Waals surface area contributed by atoms with Gasteiger partial charge in [0.15, 0.2) is 0 Å². The van der Waals surface area contributed by atoms with Crippen molar-refractivity contribution in [3.05, 3.63) is 107 Å². The van der Waals surface area contributed by atoms with E-state index in [9.17, 15) is 13.6 Å². The minimum absolute atomic E-state index is 0.197. The molecule has 1 N–H and O–H groups in total. The van der Waals surface area contributed by atoms with Gasteiger partial charge in [0.25, 0.3) is 5.89 Å². The summed E-state index contributed by atoms with van der Waals surface area (Å²) in [6.45, 7) is 3.76. The number of carbonyl (C=O) groups excluding carboxylic acids is 1. The van der Waals surface area contributed by atoms with Crippen LogP contribution >= 0.6 is 0 Å². The number of rotatable bonds is 4. The van der Waals surface area contributed by atoms with E-state index in [4.69, 9.17) is 4.52 Å². The lowest BCUT2D eigenvalue weighted by molar-refractivity contribution is 0.244. The highest BCUT2D eigenvalue weighted by atomic mass is 19.1. The zero-order chi connectivity index (χ0) is 23.8. The van der Waals surface area contributed by atoms with E-state index in [2.05, 4.69) is 15.5 Å². The van der Waals surface area contributed by atoms with E-state index >= 15 is 0 Å². The molecule has 34 heavy (non-hydrogen) atoms. The molecule has 1 atom stereocenters. The van der Waals surface area contributed by atoms with Crippen LogP contribution < -0.4 is 10.2 Å². The Bertz CT molecular complexity index is 1380. The molecule has 0 aliphatic carbocycles. The van der Waals surface area contributed by atoms with Crippen LogP contribution in [0.1, 0.15) is 30.0 Å². The van der Waals surface area contributed by atoms with Gasteiger partial charge < -0.3 is 9.84 Å². The first-order valence-corrected chi connectivity index (χ1v) is 10.6. The number of benzene rings is 3. The number of amides is 2. The van der Waals surface area contributed by atoms with Gasteiger partial charge in [-0.15, -0.1) is 0 Å². The molecule has 0 spiro atoms. The summed E-state index contributed by atoms with van der Waals surface area (Å²) < 4.78 is 32.5. The van der Waals surface area contributed by atoms with E-state index in [1.54, 1.807) is 31.2 Å². The van der Waals surface area contributed by atoms with Gasteiger partial charge in [-0.05, 0) is 67.9 Å². The number of nitrogens with zero attached hydrogens (tertiary/aromatic N) is 3. The number of aryl methyl sites for hydroxylation is 1. The summed E-state index contributed by atoms with van der Waals surface area (Å²) in [5.74, 6) is -0.271. The van der Waals surface area contributed by atoms with Crippen molar-refractivity contribution in [2.75, 3.05) is 4.90 Å². The summed E-state index contributed by atoms with van der Waals surface area (Å²) in [6.07, 6.45) is 0. The minimum atomic E-state index is -0.642. The van der Waals surface area contributed by atoms with Crippen LogP contribution in [0.25, 0.3) is 17.0 Å². The first-order valence-electron chi connectivity index (χ1n) is 10.6. The highest BCUT2D eigenvalue weighted by Gasteiger charge is 2.36. The minimum Gasteiger partial charge on any atom is -0.334 e. The SMILES string of the molecule is CC1=C(c2nc(-c3ccc(F)cc3)no2)C(c2ccc(F)cc2)NC(=O)N1c1ccc(C)cc1. The third-order valence-corrected chi connectivity index (χ3v) is 5.74. The maximum atomic E-state index is 13.6. The van der Waals surface area contributed by atoms with Crippen molar-refractivity contribution in [1.82, 2.24) is 15.5 Å². The van der Waals surface area contributed by atoms with Gasteiger partial charge in [-0.3, -0.25) is 4.90 Å². The van der Waals surface area contributed by atoms with Crippen LogP contribution in [0.3, 0.4) is 0 Å². The summed E-state index contributed by atoms with van der Waals surface area (Å²) in [6, 6.07) is 18.2. The molecule has 0 fully saturated rings. The second kappa shape index (κ2) is 8.55. The largest absolute Gasteiger partial charge is 0.334 e. The van der Waals surface area contributed by atoms with Gasteiger partial charge in [-0.25, -0.2) is 13.6 Å². The van der Waals surface area contributed by atoms with E-state index in [0.717, 1.165) is 5.56 Å². The Morgan fingerprint density at radius 1 is 0.882 bits per heavy atom. The third kappa shape index (κ3) is 3.94. The van der Waals surface area contributed by atoms with Crippen LogP contribution in [0.5, 0.6) is 0 Å². The second-order valence-corrected chi connectivity index (χ2v) is 8.03. The summed E-state index contributed by atoms with van der Waals surface area (Å²) in [4.78, 5) is 19.3. The number of hydrogen-bond donors (Lipinski definition) is 1. The van der Waals surface area contributed by atoms with Crippen molar-refractivity contribution in [1.29, 1.82) is 0 Å². The summed E-state index contributed by atoms with van der Waals surface area (Å²) >= 11 is 0. The number of anilines is 1. The molecule has 2 amide bonds. The summed E-state index contributed by atoms with van der Waals surface area (Å²) in [5.41, 5.74) is 4.16. The molecule has 1 aliphatic rings. The van der Waals surface area contributed by atoms with Crippen molar-refractivity contribution in [2.45, 2.75) is 19.9 Å². The number of urea groups is 1. The molecule has 0 bridgehead atoms. The van der Waals surface area contributed by atoms with Gasteiger partial charge in [-0.1, -0.05) is 35.0 Å². The quantitative estimate of drug-likeness (QED) is 0.406. The Morgan fingerprint density at radius 2 is 1.50 bits per heavy atom. The second-order valence-electron chi connectivity index (χ2n) is 8.03. The van der Waals surface area contributed by atoms with Crippen LogP contribution in [0, 0.1) is 18.6 Å². The molecular formula is C26H20F2N4O2. The Morgan fingerprint density at radius 3 is 2.15 bits per heavy atom. The zero-order valence-corrected chi connectivity index (χ0v) is 18.4. The van der Waals surface area contributed by atoms with Gasteiger partial charge in [-0.2, -0.15) is 4.98 Å². The lowest BCUT2D eigenvalue weighted by atomic mass is 9.94. The molecule has 0 radical (unpaired) electrons. The number of aromatic nitrogens is 2. The molecule has 6 nitrogen and oxygen atoms in total. The van der Waals surface area contributed by atoms with Crippen molar-refractivity contribution in [3.63, 3.8) is 0 Å². The first kappa shape index (κ1) is 21.5. The van der Waals surface area contributed by atoms with Gasteiger partial charge >= 0.3 is 6.03 Å². The van der Waals surface area contributed by atoms with Crippen LogP contribution in [-0.4, -0.2) is 16.2 Å². The third-order valence-electron chi connectivity index (χ3n) is 5.74. The zero-order valence-electron chi connectivity index (χ0n) is 18.4. The van der Waals surface area contributed by atoms with E-state index in [1.807, 2.05) is 31.2 Å². The van der Waals surface area contributed by atoms with Crippen molar-refractivity contribution in [2.24, 2.45) is 0 Å². The average Bonchev–Trinajstić information content (AvgIpc) is 3.30. The monoisotopic (exact) mass is 458 g/mol. The molecule has 8 heteroatoms. The average molecular weight is 458 g/mol. The van der Waals surface area contributed by atoms with E-state index in [1.165, 1.54) is 29.2 Å². The van der Waals surface area contributed by atoms with Gasteiger partial charge in [0, 0.05) is 11.3 Å². The van der Waals surface area contributed by atoms with Crippen molar-refractivity contribution >= 4 is 17.3 Å². The first-order chi connectivity index (χ1) is 16.4. The van der Waals surface area contributed by atoms with E-state index < -0.39 is 6.04 Å². The van der Waals surface area contributed by atoms with Crippen LogP contribution in [0.2, 0.25) is 0 Å². The number of carbonyl (C=O) groups is 1. The lowest BCUT2D eigenvalue weighted by Crippen LogP contribution is -2.46. The topological polar surface area (TPSA) is 71.3 Å². The molecule has 0 saturated carbocycles. The molecule has 5 rings (SSSR count). The standard InChI is InChI=1S/C26H20F2N4O2/c1-15-3-13-21(14-4-15)32-16(2)22(23(29-26(32)33)17-5-9-19(27)10-6-17)25-30-24(31-34-25)18-7-11-20(28)12-8-18/h3-14,23H,1-2H3,(H,29,33). The van der Waals surface area contributed by atoms with E-state index in [0.29, 0.717) is 28.1 Å². The van der Waals surface area contributed by atoms with Crippen molar-refractivity contribution in [3.8, 4) is 11.4 Å². The normalized spacial score (nSPS) is 16.1. The predicted octanol–water partition coefficient (Wildman–Crippen LogP) is 6.03. The van der Waals surface area contributed by atoms with Crippen LogP contribution in [0.15, 0.2) is 83.0 Å². The molecule has 1 aromatic heterocycles. The summed E-state index contributed by atoms with van der Waals surface area (Å²) in [7, 11) is 0. The van der Waals surface area contributed by atoms with Crippen LogP contribution in [-0.2, 0) is 0 Å². The van der Waals surface area contributed by atoms with Crippen molar-refractivity contribution < 1.29 is 18.1 Å². The van der Waals surface area contributed by atoms with Gasteiger partial charge in [0.2, 0.25) is 5.82 Å². The Balaban J connectivity index is 1.64. The number of hydrogen-bond acceptors (Lipinski definition) is 4. The molecule has 1 aliphatic heterocycles. The fourth-order valence-electron chi connectivity index (χ4n) is 3.98. The Labute approximate surface area is 194 Å². The Hall–Kier alpha value is -4.33. The maximum absolute atomic E-state index is 13.6. The molecule has 2 heterocycles. The predicted molar refractivity (Wildman–Crippen MR) is 124 cm³/mol. The highest BCUT2D eigenvalue weighted by molar-refractivity contribution is 6.01. The summed E-state index contributed by atoms with van der Waals surface area (Å²) in [5, 5.41) is 7.04. The molecule has 170 valence electrons.